The molecular formula is C15H20N2O2S. The Morgan fingerprint density at radius 3 is 2.20 bits per heavy atom. The van der Waals surface area contributed by atoms with E-state index in [0.717, 1.165) is 19.3 Å². The lowest BCUT2D eigenvalue weighted by molar-refractivity contribution is 0.378. The summed E-state index contributed by atoms with van der Waals surface area (Å²) in [6.45, 7) is 2.42. The molecule has 0 saturated carbocycles. The van der Waals surface area contributed by atoms with Crippen molar-refractivity contribution in [2.45, 2.75) is 19.3 Å². The summed E-state index contributed by atoms with van der Waals surface area (Å²) in [5.41, 5.74) is 2.45. The van der Waals surface area contributed by atoms with E-state index in [1.54, 1.807) is 8.61 Å². The number of hydrogen-bond acceptors (Lipinski definition) is 2. The molecule has 1 aromatic rings. The van der Waals surface area contributed by atoms with Crippen molar-refractivity contribution < 1.29 is 8.42 Å². The second-order valence-electron chi connectivity index (χ2n) is 5.32. The lowest BCUT2D eigenvalue weighted by Gasteiger charge is -2.29. The second kappa shape index (κ2) is 5.68. The molecule has 0 radical (unpaired) electrons. The van der Waals surface area contributed by atoms with Crippen molar-refractivity contribution in [3.05, 3.63) is 42.0 Å². The van der Waals surface area contributed by atoms with E-state index in [1.807, 2.05) is 24.3 Å². The Hall–Kier alpha value is -1.17. The van der Waals surface area contributed by atoms with E-state index in [1.165, 1.54) is 11.1 Å². The fourth-order valence-electron chi connectivity index (χ4n) is 2.86. The van der Waals surface area contributed by atoms with E-state index in [2.05, 4.69) is 12.1 Å². The fraction of sp³-hybridized carbons (Fsp3) is 0.467. The molecular weight excluding hydrogens is 272 g/mol. The van der Waals surface area contributed by atoms with Crippen LogP contribution in [-0.2, 0) is 10.2 Å². The first-order valence-electron chi connectivity index (χ1n) is 7.17. The van der Waals surface area contributed by atoms with E-state index in [9.17, 15) is 8.42 Å². The van der Waals surface area contributed by atoms with Crippen LogP contribution in [0.15, 0.2) is 36.4 Å². The molecule has 20 heavy (non-hydrogen) atoms. The molecule has 1 aromatic carbocycles. The molecule has 0 unspecified atom stereocenters. The van der Waals surface area contributed by atoms with Crippen LogP contribution in [0.4, 0.5) is 0 Å². The van der Waals surface area contributed by atoms with Gasteiger partial charge in [0.25, 0.3) is 10.2 Å². The first-order chi connectivity index (χ1) is 9.68. The van der Waals surface area contributed by atoms with Crippen molar-refractivity contribution in [2.24, 2.45) is 0 Å². The molecule has 2 heterocycles. The Morgan fingerprint density at radius 1 is 0.900 bits per heavy atom. The Balaban J connectivity index is 1.73. The van der Waals surface area contributed by atoms with Crippen LogP contribution in [0.1, 0.15) is 24.8 Å². The highest BCUT2D eigenvalue weighted by molar-refractivity contribution is 7.86. The summed E-state index contributed by atoms with van der Waals surface area (Å²) < 4.78 is 28.1. The van der Waals surface area contributed by atoms with Gasteiger partial charge >= 0.3 is 0 Å². The molecule has 1 saturated heterocycles. The number of nitrogens with zero attached hydrogens (tertiary/aromatic N) is 2. The zero-order valence-corrected chi connectivity index (χ0v) is 12.3. The lowest BCUT2D eigenvalue weighted by atomic mass is 10.0. The van der Waals surface area contributed by atoms with Crippen LogP contribution in [0.2, 0.25) is 0 Å². The van der Waals surface area contributed by atoms with Gasteiger partial charge < -0.3 is 0 Å². The van der Waals surface area contributed by atoms with E-state index >= 15 is 0 Å². The van der Waals surface area contributed by atoms with Crippen molar-refractivity contribution in [1.82, 2.24) is 8.61 Å². The van der Waals surface area contributed by atoms with Gasteiger partial charge in [-0.15, -0.1) is 0 Å². The standard InChI is InChI=1S/C15H20N2O2S/c18-20(19,16-10-4-5-11-16)17-12-8-15(9-13-17)14-6-2-1-3-7-14/h1-3,6-8H,4-5,9-13H2. The smallest absolute Gasteiger partial charge is 0.195 e. The van der Waals surface area contributed by atoms with Gasteiger partial charge in [0, 0.05) is 26.2 Å². The summed E-state index contributed by atoms with van der Waals surface area (Å²) in [7, 11) is -3.25. The maximum Gasteiger partial charge on any atom is 0.282 e. The van der Waals surface area contributed by atoms with Crippen molar-refractivity contribution in [3.63, 3.8) is 0 Å². The molecule has 2 aliphatic rings. The fourth-order valence-corrected chi connectivity index (χ4v) is 4.49. The van der Waals surface area contributed by atoms with Gasteiger partial charge in [-0.3, -0.25) is 0 Å². The number of benzene rings is 1. The van der Waals surface area contributed by atoms with Crippen molar-refractivity contribution >= 4 is 15.8 Å². The van der Waals surface area contributed by atoms with Crippen LogP contribution in [0.3, 0.4) is 0 Å². The van der Waals surface area contributed by atoms with E-state index in [-0.39, 0.29) is 0 Å². The third-order valence-electron chi connectivity index (χ3n) is 4.03. The predicted octanol–water partition coefficient (Wildman–Crippen LogP) is 2.12. The largest absolute Gasteiger partial charge is 0.282 e. The first kappa shape index (κ1) is 13.8. The van der Waals surface area contributed by atoms with Crippen LogP contribution < -0.4 is 0 Å². The highest BCUT2D eigenvalue weighted by Crippen LogP contribution is 2.25. The van der Waals surface area contributed by atoms with Gasteiger partial charge in [0.15, 0.2) is 0 Å². The Bertz CT molecular complexity index is 590. The molecule has 2 aliphatic heterocycles. The van der Waals surface area contributed by atoms with Crippen LogP contribution in [0.5, 0.6) is 0 Å². The van der Waals surface area contributed by atoms with Crippen molar-refractivity contribution in [1.29, 1.82) is 0 Å². The quantitative estimate of drug-likeness (QED) is 0.856. The molecule has 108 valence electrons. The average Bonchev–Trinajstić information content (AvgIpc) is 3.03. The van der Waals surface area contributed by atoms with Gasteiger partial charge in [0.2, 0.25) is 0 Å². The molecule has 4 nitrogen and oxygen atoms in total. The highest BCUT2D eigenvalue weighted by atomic mass is 32.2. The molecule has 0 aromatic heterocycles. The minimum Gasteiger partial charge on any atom is -0.195 e. The van der Waals surface area contributed by atoms with Crippen LogP contribution in [0.25, 0.3) is 5.57 Å². The van der Waals surface area contributed by atoms with Gasteiger partial charge in [-0.1, -0.05) is 36.4 Å². The molecule has 0 atom stereocenters. The zero-order chi connectivity index (χ0) is 14.0. The first-order valence-corrected chi connectivity index (χ1v) is 8.57. The molecule has 3 rings (SSSR count). The van der Waals surface area contributed by atoms with Gasteiger partial charge in [-0.25, -0.2) is 0 Å². The molecule has 1 fully saturated rings. The summed E-state index contributed by atoms with van der Waals surface area (Å²) in [5, 5.41) is 0. The van der Waals surface area contributed by atoms with E-state index in [4.69, 9.17) is 0 Å². The van der Waals surface area contributed by atoms with Crippen LogP contribution in [-0.4, -0.2) is 43.2 Å². The van der Waals surface area contributed by atoms with Crippen molar-refractivity contribution in [3.8, 4) is 0 Å². The maximum atomic E-state index is 12.5. The van der Waals surface area contributed by atoms with E-state index in [0.29, 0.717) is 26.2 Å². The predicted molar refractivity (Wildman–Crippen MR) is 80.3 cm³/mol. The van der Waals surface area contributed by atoms with Gasteiger partial charge in [0.05, 0.1) is 0 Å². The van der Waals surface area contributed by atoms with Crippen molar-refractivity contribution in [2.75, 3.05) is 26.2 Å². The highest BCUT2D eigenvalue weighted by Gasteiger charge is 2.32. The maximum absolute atomic E-state index is 12.5. The summed E-state index contributed by atoms with van der Waals surface area (Å²) in [4.78, 5) is 0. The number of hydrogen-bond donors (Lipinski definition) is 0. The Kier molecular flexibility index (Phi) is 3.92. The third-order valence-corrected chi connectivity index (χ3v) is 6.04. The number of rotatable bonds is 3. The Morgan fingerprint density at radius 2 is 1.60 bits per heavy atom. The molecule has 0 bridgehead atoms. The molecule has 0 amide bonds. The summed E-state index contributed by atoms with van der Waals surface area (Å²) >= 11 is 0. The summed E-state index contributed by atoms with van der Waals surface area (Å²) in [6.07, 6.45) is 4.81. The van der Waals surface area contributed by atoms with Gasteiger partial charge in [-0.05, 0) is 30.4 Å². The third kappa shape index (κ3) is 2.66. The second-order valence-corrected chi connectivity index (χ2v) is 7.25. The van der Waals surface area contributed by atoms with E-state index < -0.39 is 10.2 Å². The molecule has 0 aliphatic carbocycles. The molecule has 0 N–H and O–H groups in total. The topological polar surface area (TPSA) is 40.6 Å². The lowest BCUT2D eigenvalue weighted by Crippen LogP contribution is -2.44. The summed E-state index contributed by atoms with van der Waals surface area (Å²) in [6, 6.07) is 10.2. The SMILES string of the molecule is O=S(=O)(N1CC=C(c2ccccc2)CC1)N1CCCC1. The average molecular weight is 292 g/mol. The summed E-state index contributed by atoms with van der Waals surface area (Å²) in [5.74, 6) is 0. The van der Waals surface area contributed by atoms with Gasteiger partial charge in [0.1, 0.15) is 0 Å². The zero-order valence-electron chi connectivity index (χ0n) is 11.5. The monoisotopic (exact) mass is 292 g/mol. The van der Waals surface area contributed by atoms with Gasteiger partial charge in [-0.2, -0.15) is 17.0 Å². The minimum absolute atomic E-state index is 0.489. The molecule has 0 spiro atoms. The normalized spacial score (nSPS) is 21.9. The van der Waals surface area contributed by atoms with Crippen LogP contribution >= 0.6 is 0 Å². The Labute approximate surface area is 120 Å². The molecule has 5 heteroatoms. The minimum atomic E-state index is -3.25. The van der Waals surface area contributed by atoms with Crippen LogP contribution in [0, 0.1) is 0 Å².